The second-order valence-corrected chi connectivity index (χ2v) is 5.33. The van der Waals surface area contributed by atoms with E-state index < -0.39 is 10.3 Å². The molecule has 2 aromatic rings. The van der Waals surface area contributed by atoms with Gasteiger partial charge in [0.2, 0.25) is 5.15 Å². The van der Waals surface area contributed by atoms with E-state index in [2.05, 4.69) is 15.1 Å². The SMILES string of the molecule is CC(C)(C)c1nn(-c2cnccn2)c(Cl)c1[N+](=O)[O-]. The van der Waals surface area contributed by atoms with Crippen LogP contribution in [0.3, 0.4) is 0 Å². The Labute approximate surface area is 114 Å². The van der Waals surface area contributed by atoms with Crippen molar-refractivity contribution < 1.29 is 4.92 Å². The Kier molecular flexibility index (Phi) is 3.23. The molecule has 0 aliphatic heterocycles. The fourth-order valence-corrected chi connectivity index (χ4v) is 1.89. The minimum atomic E-state index is -0.525. The van der Waals surface area contributed by atoms with E-state index in [4.69, 9.17) is 11.6 Å². The van der Waals surface area contributed by atoms with Crippen LogP contribution in [0.15, 0.2) is 18.6 Å². The molecule has 2 aromatic heterocycles. The molecular formula is C11H12ClN5O2. The minimum Gasteiger partial charge on any atom is -0.259 e. The molecule has 0 bridgehead atoms. The lowest BCUT2D eigenvalue weighted by atomic mass is 9.91. The van der Waals surface area contributed by atoms with Crippen LogP contribution in [0.5, 0.6) is 0 Å². The van der Waals surface area contributed by atoms with E-state index in [1.165, 1.54) is 23.3 Å². The van der Waals surface area contributed by atoms with Crippen LogP contribution in [0.1, 0.15) is 26.5 Å². The monoisotopic (exact) mass is 281 g/mol. The molecule has 0 fully saturated rings. The van der Waals surface area contributed by atoms with Gasteiger partial charge in [0.1, 0.15) is 5.69 Å². The third kappa shape index (κ3) is 2.41. The number of halogens is 1. The molecular weight excluding hydrogens is 270 g/mol. The molecule has 0 saturated heterocycles. The van der Waals surface area contributed by atoms with Crippen molar-refractivity contribution in [3.05, 3.63) is 39.6 Å². The number of hydrogen-bond acceptors (Lipinski definition) is 5. The van der Waals surface area contributed by atoms with Crippen LogP contribution in [-0.4, -0.2) is 24.7 Å². The number of rotatable bonds is 2. The molecule has 100 valence electrons. The summed E-state index contributed by atoms with van der Waals surface area (Å²) in [6.07, 6.45) is 4.41. The van der Waals surface area contributed by atoms with E-state index in [9.17, 15) is 10.1 Å². The van der Waals surface area contributed by atoms with Gasteiger partial charge in [-0.25, -0.2) is 4.98 Å². The lowest BCUT2D eigenvalue weighted by Crippen LogP contribution is -2.14. The highest BCUT2D eigenvalue weighted by atomic mass is 35.5. The Morgan fingerprint density at radius 3 is 2.47 bits per heavy atom. The molecule has 0 unspecified atom stereocenters. The standard InChI is InChI=1S/C11H12ClN5O2/c1-11(2,3)9-8(17(18)19)10(12)16(15-9)7-6-13-4-5-14-7/h4-6H,1-3H3. The zero-order valence-corrected chi connectivity index (χ0v) is 11.4. The quantitative estimate of drug-likeness (QED) is 0.623. The molecule has 2 rings (SSSR count). The summed E-state index contributed by atoms with van der Waals surface area (Å²) in [7, 11) is 0. The molecule has 0 aliphatic rings. The fraction of sp³-hybridized carbons (Fsp3) is 0.364. The number of aromatic nitrogens is 4. The summed E-state index contributed by atoms with van der Waals surface area (Å²) in [6.45, 7) is 5.50. The van der Waals surface area contributed by atoms with Gasteiger partial charge in [-0.3, -0.25) is 15.1 Å². The Morgan fingerprint density at radius 1 is 1.37 bits per heavy atom. The van der Waals surface area contributed by atoms with E-state index in [0.717, 1.165) is 0 Å². The Bertz CT molecular complexity index is 618. The molecule has 0 spiro atoms. The van der Waals surface area contributed by atoms with Crippen LogP contribution >= 0.6 is 11.6 Å². The van der Waals surface area contributed by atoms with Gasteiger partial charge in [-0.1, -0.05) is 32.4 Å². The predicted molar refractivity (Wildman–Crippen MR) is 69.5 cm³/mol. The lowest BCUT2D eigenvalue weighted by Gasteiger charge is -2.13. The highest BCUT2D eigenvalue weighted by Gasteiger charge is 2.34. The second-order valence-electron chi connectivity index (χ2n) is 4.97. The van der Waals surface area contributed by atoms with Gasteiger partial charge in [0.15, 0.2) is 5.82 Å². The first-order valence-corrected chi connectivity index (χ1v) is 5.90. The first-order chi connectivity index (χ1) is 8.82. The summed E-state index contributed by atoms with van der Waals surface area (Å²) < 4.78 is 1.23. The number of nitro groups is 1. The normalized spacial score (nSPS) is 11.6. The number of nitrogens with zero attached hydrogens (tertiary/aromatic N) is 5. The van der Waals surface area contributed by atoms with Gasteiger partial charge in [0, 0.05) is 17.8 Å². The molecule has 0 radical (unpaired) electrons. The summed E-state index contributed by atoms with van der Waals surface area (Å²) in [6, 6.07) is 0. The summed E-state index contributed by atoms with van der Waals surface area (Å²) in [5.74, 6) is 0.339. The van der Waals surface area contributed by atoms with Crippen LogP contribution in [0.25, 0.3) is 5.82 Å². The van der Waals surface area contributed by atoms with E-state index >= 15 is 0 Å². The maximum atomic E-state index is 11.2. The zero-order chi connectivity index (χ0) is 14.2. The molecule has 2 heterocycles. The maximum absolute atomic E-state index is 11.2. The van der Waals surface area contributed by atoms with Crippen molar-refractivity contribution in [2.45, 2.75) is 26.2 Å². The second kappa shape index (κ2) is 4.58. The maximum Gasteiger partial charge on any atom is 0.330 e. The highest BCUT2D eigenvalue weighted by Crippen LogP contribution is 2.36. The van der Waals surface area contributed by atoms with Crippen LogP contribution < -0.4 is 0 Å². The molecule has 0 atom stereocenters. The van der Waals surface area contributed by atoms with Crippen LogP contribution in [0.2, 0.25) is 5.15 Å². The van der Waals surface area contributed by atoms with Crippen molar-refractivity contribution in [2.24, 2.45) is 0 Å². The third-order valence-corrected chi connectivity index (χ3v) is 2.80. The van der Waals surface area contributed by atoms with Crippen molar-refractivity contribution in [3.63, 3.8) is 0 Å². The Morgan fingerprint density at radius 2 is 2.05 bits per heavy atom. The average Bonchev–Trinajstić information content (AvgIpc) is 2.68. The summed E-state index contributed by atoms with van der Waals surface area (Å²) in [5, 5.41) is 15.3. The molecule has 0 amide bonds. The van der Waals surface area contributed by atoms with Gasteiger partial charge in [-0.2, -0.15) is 9.78 Å². The molecule has 0 aromatic carbocycles. The van der Waals surface area contributed by atoms with Crippen molar-refractivity contribution in [2.75, 3.05) is 0 Å². The minimum absolute atomic E-state index is 0.0737. The summed E-state index contributed by atoms with van der Waals surface area (Å²) in [4.78, 5) is 18.6. The molecule has 0 aliphatic carbocycles. The van der Waals surface area contributed by atoms with Gasteiger partial charge in [0.25, 0.3) is 0 Å². The molecule has 19 heavy (non-hydrogen) atoms. The van der Waals surface area contributed by atoms with E-state index in [1.807, 2.05) is 20.8 Å². The zero-order valence-electron chi connectivity index (χ0n) is 10.7. The molecule has 0 N–H and O–H groups in total. The van der Waals surface area contributed by atoms with E-state index in [-0.39, 0.29) is 10.8 Å². The van der Waals surface area contributed by atoms with Crippen molar-refractivity contribution in [1.82, 2.24) is 19.7 Å². The van der Waals surface area contributed by atoms with Gasteiger partial charge in [-0.15, -0.1) is 0 Å². The van der Waals surface area contributed by atoms with Crippen LogP contribution in [-0.2, 0) is 5.41 Å². The van der Waals surface area contributed by atoms with Gasteiger partial charge >= 0.3 is 5.69 Å². The highest BCUT2D eigenvalue weighted by molar-refractivity contribution is 6.32. The van der Waals surface area contributed by atoms with Crippen LogP contribution in [0.4, 0.5) is 5.69 Å². The Balaban J connectivity index is 2.70. The smallest absolute Gasteiger partial charge is 0.259 e. The van der Waals surface area contributed by atoms with Crippen molar-refractivity contribution in [1.29, 1.82) is 0 Å². The lowest BCUT2D eigenvalue weighted by molar-refractivity contribution is -0.385. The first kappa shape index (κ1) is 13.4. The van der Waals surface area contributed by atoms with Crippen molar-refractivity contribution >= 4 is 17.3 Å². The van der Waals surface area contributed by atoms with E-state index in [0.29, 0.717) is 11.5 Å². The molecule has 0 saturated carbocycles. The van der Waals surface area contributed by atoms with Gasteiger partial charge < -0.3 is 0 Å². The molecule has 7 nitrogen and oxygen atoms in total. The van der Waals surface area contributed by atoms with Crippen LogP contribution in [0, 0.1) is 10.1 Å². The number of hydrogen-bond donors (Lipinski definition) is 0. The molecule has 8 heteroatoms. The predicted octanol–water partition coefficient (Wildman–Crippen LogP) is 2.52. The van der Waals surface area contributed by atoms with Crippen molar-refractivity contribution in [3.8, 4) is 5.82 Å². The summed E-state index contributed by atoms with van der Waals surface area (Å²) in [5.41, 5.74) is -0.382. The summed E-state index contributed by atoms with van der Waals surface area (Å²) >= 11 is 6.06. The Hall–Kier alpha value is -2.02. The van der Waals surface area contributed by atoms with E-state index in [1.54, 1.807) is 0 Å². The average molecular weight is 282 g/mol. The topological polar surface area (TPSA) is 86.7 Å². The third-order valence-electron chi connectivity index (χ3n) is 2.47. The van der Waals surface area contributed by atoms with Gasteiger partial charge in [0.05, 0.1) is 11.1 Å². The largest absolute Gasteiger partial charge is 0.330 e. The van der Waals surface area contributed by atoms with Gasteiger partial charge in [-0.05, 0) is 0 Å². The first-order valence-electron chi connectivity index (χ1n) is 5.52. The fourth-order valence-electron chi connectivity index (χ4n) is 1.61.